The molecular weight excluding hydrogens is 460 g/mol. The van der Waals surface area contributed by atoms with Gasteiger partial charge in [-0.05, 0) is 82.9 Å². The summed E-state index contributed by atoms with van der Waals surface area (Å²) in [6.45, 7) is 4.79. The third-order valence-corrected chi connectivity index (χ3v) is 9.88. The van der Waals surface area contributed by atoms with Crippen molar-refractivity contribution < 1.29 is 4.79 Å². The van der Waals surface area contributed by atoms with Gasteiger partial charge in [0.1, 0.15) is 6.33 Å². The van der Waals surface area contributed by atoms with Gasteiger partial charge in [0.25, 0.3) is 0 Å². The van der Waals surface area contributed by atoms with Crippen molar-refractivity contribution in [3.8, 4) is 0 Å². The molecule has 2 aliphatic heterocycles. The number of nitrogens with zero attached hydrogens (tertiary/aromatic N) is 6. The van der Waals surface area contributed by atoms with E-state index >= 15 is 0 Å². The molecule has 2 aliphatic carbocycles. The van der Waals surface area contributed by atoms with Crippen LogP contribution in [-0.4, -0.2) is 83.1 Å². The van der Waals surface area contributed by atoms with Gasteiger partial charge in [0.05, 0.1) is 23.6 Å². The predicted molar refractivity (Wildman–Crippen MR) is 146 cm³/mol. The van der Waals surface area contributed by atoms with Crippen LogP contribution >= 0.6 is 0 Å². The first kappa shape index (κ1) is 24.7. The van der Waals surface area contributed by atoms with E-state index in [-0.39, 0.29) is 11.1 Å². The first-order chi connectivity index (χ1) is 18.0. The molecule has 198 valence electrons. The van der Waals surface area contributed by atoms with E-state index in [2.05, 4.69) is 74.0 Å². The molecule has 2 amide bonds. The maximum atomic E-state index is 13.9. The molecule has 2 aromatic rings. The van der Waals surface area contributed by atoms with Gasteiger partial charge in [-0.25, -0.2) is 14.8 Å². The molecule has 7 heteroatoms. The van der Waals surface area contributed by atoms with Crippen LogP contribution in [0.3, 0.4) is 0 Å². The average molecular weight is 503 g/mol. The van der Waals surface area contributed by atoms with Gasteiger partial charge in [-0.3, -0.25) is 4.90 Å². The topological polar surface area (TPSA) is 55.8 Å². The second kappa shape index (κ2) is 9.90. The van der Waals surface area contributed by atoms with E-state index < -0.39 is 0 Å². The van der Waals surface area contributed by atoms with E-state index in [4.69, 9.17) is 0 Å². The Kier molecular flexibility index (Phi) is 6.59. The van der Waals surface area contributed by atoms with E-state index in [1.807, 2.05) is 12.4 Å². The third-order valence-electron chi connectivity index (χ3n) is 9.88. The lowest BCUT2D eigenvalue weighted by molar-refractivity contribution is 0.0231. The van der Waals surface area contributed by atoms with E-state index in [0.717, 1.165) is 76.9 Å². The number of piperidine rings is 1. The number of hydrogen-bond acceptors (Lipinski definition) is 5. The zero-order valence-corrected chi connectivity index (χ0v) is 22.6. The lowest BCUT2D eigenvalue weighted by atomic mass is 9.68. The summed E-state index contributed by atoms with van der Waals surface area (Å²) in [6.07, 6.45) is 14.6. The van der Waals surface area contributed by atoms with Crippen LogP contribution in [0.25, 0.3) is 0 Å². The summed E-state index contributed by atoms with van der Waals surface area (Å²) in [7, 11) is 4.46. The maximum Gasteiger partial charge on any atom is 0.320 e. The number of aromatic nitrogens is 2. The molecule has 0 radical (unpaired) electrons. The molecule has 0 N–H and O–H groups in total. The normalized spacial score (nSPS) is 29.1. The van der Waals surface area contributed by atoms with Crippen LogP contribution in [0.2, 0.25) is 0 Å². The minimum Gasteiger partial charge on any atom is -0.369 e. The van der Waals surface area contributed by atoms with Gasteiger partial charge >= 0.3 is 6.03 Å². The van der Waals surface area contributed by atoms with Crippen LogP contribution < -0.4 is 4.90 Å². The Labute approximate surface area is 221 Å². The summed E-state index contributed by atoms with van der Waals surface area (Å²) in [6, 6.07) is 11.3. The number of amides is 2. The summed E-state index contributed by atoms with van der Waals surface area (Å²) in [5.41, 5.74) is 2.58. The number of urea groups is 1. The summed E-state index contributed by atoms with van der Waals surface area (Å²) >= 11 is 0. The monoisotopic (exact) mass is 502 g/mol. The molecule has 4 aliphatic rings. The van der Waals surface area contributed by atoms with E-state index in [1.54, 1.807) is 6.33 Å². The van der Waals surface area contributed by atoms with Gasteiger partial charge in [-0.1, -0.05) is 30.3 Å². The second-order valence-corrected chi connectivity index (χ2v) is 12.3. The molecule has 0 atom stereocenters. The molecule has 7 nitrogen and oxygen atoms in total. The number of carbonyl (C=O) groups is 1. The standard InChI is InChI=1S/C30H42N6O/c1-33(2)30(26-6-4-3-5-7-26)14-12-29(13-15-30)22-35(28(37)36(29)21-24-8-9-24)20-25-10-16-34(17-11-25)27-18-31-23-32-19-27/h3-7,18-19,23-25H,8-17,20-22H2,1-2H3/t29-,30+. The molecule has 1 aromatic carbocycles. The zero-order chi connectivity index (χ0) is 25.5. The highest BCUT2D eigenvalue weighted by Gasteiger charge is 2.55. The predicted octanol–water partition coefficient (Wildman–Crippen LogP) is 4.61. The minimum absolute atomic E-state index is 0.00393. The van der Waals surface area contributed by atoms with Crippen LogP contribution in [0.5, 0.6) is 0 Å². The Morgan fingerprint density at radius 1 is 0.892 bits per heavy atom. The van der Waals surface area contributed by atoms with Crippen molar-refractivity contribution in [2.75, 3.05) is 51.7 Å². The fourth-order valence-electron chi connectivity index (χ4n) is 7.29. The van der Waals surface area contributed by atoms with E-state index in [1.165, 1.54) is 18.4 Å². The fraction of sp³-hybridized carbons (Fsp3) is 0.633. The van der Waals surface area contributed by atoms with Crippen LogP contribution in [-0.2, 0) is 5.54 Å². The van der Waals surface area contributed by atoms with Crippen molar-refractivity contribution >= 4 is 11.7 Å². The second-order valence-electron chi connectivity index (χ2n) is 12.3. The largest absolute Gasteiger partial charge is 0.369 e. The first-order valence-electron chi connectivity index (χ1n) is 14.3. The van der Waals surface area contributed by atoms with Gasteiger partial charge < -0.3 is 14.7 Å². The van der Waals surface area contributed by atoms with Gasteiger partial charge in [-0.2, -0.15) is 0 Å². The molecule has 0 bridgehead atoms. The Balaban J connectivity index is 1.15. The Morgan fingerprint density at radius 3 is 2.16 bits per heavy atom. The molecule has 6 rings (SSSR count). The Morgan fingerprint density at radius 2 is 1.54 bits per heavy atom. The lowest BCUT2D eigenvalue weighted by Crippen LogP contribution is -2.55. The van der Waals surface area contributed by atoms with E-state index in [0.29, 0.717) is 17.9 Å². The van der Waals surface area contributed by atoms with Crippen molar-refractivity contribution in [1.29, 1.82) is 0 Å². The van der Waals surface area contributed by atoms with Crippen molar-refractivity contribution in [2.45, 2.75) is 62.4 Å². The minimum atomic E-state index is -0.00393. The zero-order valence-electron chi connectivity index (χ0n) is 22.6. The maximum absolute atomic E-state index is 13.9. The molecule has 2 saturated carbocycles. The van der Waals surface area contributed by atoms with Crippen molar-refractivity contribution in [2.24, 2.45) is 11.8 Å². The summed E-state index contributed by atoms with van der Waals surface area (Å²) < 4.78 is 0. The fourth-order valence-corrected chi connectivity index (χ4v) is 7.29. The van der Waals surface area contributed by atoms with Crippen LogP contribution in [0.1, 0.15) is 56.9 Å². The van der Waals surface area contributed by atoms with Gasteiger partial charge in [0.15, 0.2) is 0 Å². The molecule has 2 saturated heterocycles. The quantitative estimate of drug-likeness (QED) is 0.553. The number of hydrogen-bond donors (Lipinski definition) is 0. The molecule has 1 spiro atoms. The van der Waals surface area contributed by atoms with Crippen molar-refractivity contribution in [3.05, 3.63) is 54.6 Å². The van der Waals surface area contributed by atoms with E-state index in [9.17, 15) is 4.79 Å². The Bertz CT molecular complexity index is 1060. The number of rotatable bonds is 7. The van der Waals surface area contributed by atoms with Crippen molar-refractivity contribution in [3.63, 3.8) is 0 Å². The molecule has 37 heavy (non-hydrogen) atoms. The van der Waals surface area contributed by atoms with Gasteiger partial charge in [0.2, 0.25) is 0 Å². The van der Waals surface area contributed by atoms with Crippen LogP contribution in [0, 0.1) is 11.8 Å². The average Bonchev–Trinajstić information content (AvgIpc) is 3.73. The highest BCUT2D eigenvalue weighted by molar-refractivity contribution is 5.78. The number of anilines is 1. The molecular formula is C30H42N6O. The number of carbonyl (C=O) groups excluding carboxylic acids is 1. The van der Waals surface area contributed by atoms with Crippen LogP contribution in [0.4, 0.5) is 10.5 Å². The molecule has 3 heterocycles. The van der Waals surface area contributed by atoms with Gasteiger partial charge in [-0.15, -0.1) is 0 Å². The smallest absolute Gasteiger partial charge is 0.320 e. The highest BCUT2D eigenvalue weighted by atomic mass is 16.2. The SMILES string of the molecule is CN(C)[C@]1(c2ccccc2)CC[C@]2(CC1)CN(CC1CCN(c3cncnc3)CC1)C(=O)N2CC1CC1. The molecule has 0 unspecified atom stereocenters. The lowest BCUT2D eigenvalue weighted by Gasteiger charge is -2.51. The molecule has 4 fully saturated rings. The summed E-state index contributed by atoms with van der Waals surface area (Å²) in [4.78, 5) is 31.6. The highest BCUT2D eigenvalue weighted by Crippen LogP contribution is 2.50. The van der Waals surface area contributed by atoms with Crippen LogP contribution in [0.15, 0.2) is 49.1 Å². The first-order valence-corrected chi connectivity index (χ1v) is 14.3. The Hall–Kier alpha value is -2.67. The third kappa shape index (κ3) is 4.71. The van der Waals surface area contributed by atoms with Crippen molar-refractivity contribution in [1.82, 2.24) is 24.7 Å². The summed E-state index contributed by atoms with van der Waals surface area (Å²) in [5, 5.41) is 0. The summed E-state index contributed by atoms with van der Waals surface area (Å²) in [5.74, 6) is 1.28. The number of benzene rings is 1. The van der Waals surface area contributed by atoms with Gasteiger partial charge in [0, 0.05) is 38.3 Å². The molecule has 1 aromatic heterocycles.